The van der Waals surface area contributed by atoms with E-state index in [1.807, 2.05) is 54.3 Å². The summed E-state index contributed by atoms with van der Waals surface area (Å²) in [5.74, 6) is 0.109. The van der Waals surface area contributed by atoms with Crippen molar-refractivity contribution in [2.24, 2.45) is 0 Å². The molecule has 2 heteroatoms. The average Bonchev–Trinajstić information content (AvgIpc) is 2.42. The molecule has 0 saturated carbocycles. The number of nitrogens with zero attached hydrogens (tertiary/aromatic N) is 1. The van der Waals surface area contributed by atoms with Crippen molar-refractivity contribution in [3.63, 3.8) is 0 Å². The third kappa shape index (κ3) is 2.64. The van der Waals surface area contributed by atoms with Crippen molar-refractivity contribution in [3.8, 4) is 0 Å². The zero-order chi connectivity index (χ0) is 12.1. The summed E-state index contributed by atoms with van der Waals surface area (Å²) in [4.78, 5) is 14.3. The Hall–Kier alpha value is -1.83. The molecule has 1 aromatic carbocycles. The zero-order valence-electron chi connectivity index (χ0n) is 10.0. The van der Waals surface area contributed by atoms with Gasteiger partial charge in [-0.1, -0.05) is 42.5 Å². The summed E-state index contributed by atoms with van der Waals surface area (Å²) in [6.07, 6.45) is 9.13. The van der Waals surface area contributed by atoms with Gasteiger partial charge in [-0.2, -0.15) is 0 Å². The lowest BCUT2D eigenvalue weighted by atomic mass is 10.1. The fourth-order valence-electron chi connectivity index (χ4n) is 2.07. The van der Waals surface area contributed by atoms with E-state index in [2.05, 4.69) is 12.2 Å². The van der Waals surface area contributed by atoms with Gasteiger partial charge in [0.25, 0.3) is 5.91 Å². The van der Waals surface area contributed by atoms with E-state index in [0.29, 0.717) is 0 Å². The maximum atomic E-state index is 12.3. The number of amides is 1. The fraction of sp³-hybridized carbons (Fsp3) is 0.267. The molecule has 1 aliphatic carbocycles. The van der Waals surface area contributed by atoms with Gasteiger partial charge >= 0.3 is 0 Å². The molecule has 0 aliphatic heterocycles. The molecular weight excluding hydrogens is 210 g/mol. The maximum Gasteiger partial charge on any atom is 0.254 e. The second kappa shape index (κ2) is 5.48. The molecule has 0 saturated heterocycles. The van der Waals surface area contributed by atoms with Crippen molar-refractivity contribution in [1.29, 1.82) is 0 Å². The van der Waals surface area contributed by atoms with Gasteiger partial charge in [-0.3, -0.25) is 4.79 Å². The van der Waals surface area contributed by atoms with Gasteiger partial charge < -0.3 is 4.90 Å². The highest BCUT2D eigenvalue weighted by Crippen LogP contribution is 2.15. The molecule has 1 amide bonds. The van der Waals surface area contributed by atoms with Crippen molar-refractivity contribution in [3.05, 3.63) is 60.2 Å². The van der Waals surface area contributed by atoms with Crippen LogP contribution in [0.3, 0.4) is 0 Å². The van der Waals surface area contributed by atoms with E-state index in [1.165, 1.54) is 0 Å². The molecular formula is C15H17NO. The Bertz CT molecular complexity index is 433. The Labute approximate surface area is 102 Å². The Morgan fingerprint density at radius 3 is 2.65 bits per heavy atom. The summed E-state index contributed by atoms with van der Waals surface area (Å²) in [5.41, 5.74) is 0.761. The highest BCUT2D eigenvalue weighted by Gasteiger charge is 2.20. The van der Waals surface area contributed by atoms with E-state index < -0.39 is 0 Å². The lowest BCUT2D eigenvalue weighted by Crippen LogP contribution is -2.39. The molecule has 0 radical (unpaired) electrons. The van der Waals surface area contributed by atoms with Crippen LogP contribution in [0.4, 0.5) is 0 Å². The van der Waals surface area contributed by atoms with Gasteiger partial charge in [0.05, 0.1) is 6.04 Å². The highest BCUT2D eigenvalue weighted by atomic mass is 16.2. The first-order valence-electron chi connectivity index (χ1n) is 6.02. The number of rotatable bonds is 3. The molecule has 0 bridgehead atoms. The van der Waals surface area contributed by atoms with Crippen LogP contribution in [0.5, 0.6) is 0 Å². The van der Waals surface area contributed by atoms with Crippen molar-refractivity contribution >= 4 is 5.91 Å². The van der Waals surface area contributed by atoms with Gasteiger partial charge in [0, 0.05) is 12.1 Å². The van der Waals surface area contributed by atoms with Crippen LogP contribution in [0.2, 0.25) is 0 Å². The number of hydrogen-bond donors (Lipinski definition) is 0. The number of likely N-dealkylation sites (N-methyl/N-ethyl adjacent to an activating group) is 1. The Balaban J connectivity index is 2.16. The largest absolute Gasteiger partial charge is 0.332 e. The van der Waals surface area contributed by atoms with Crippen molar-refractivity contribution < 1.29 is 4.79 Å². The van der Waals surface area contributed by atoms with Crippen molar-refractivity contribution in [1.82, 2.24) is 4.90 Å². The summed E-state index contributed by atoms with van der Waals surface area (Å²) >= 11 is 0. The second-order valence-electron chi connectivity index (χ2n) is 4.07. The molecule has 0 spiro atoms. The summed E-state index contributed by atoms with van der Waals surface area (Å²) in [7, 11) is 0. The molecule has 2 nitrogen and oxygen atoms in total. The minimum Gasteiger partial charge on any atom is -0.332 e. The fourth-order valence-corrected chi connectivity index (χ4v) is 2.07. The van der Waals surface area contributed by atoms with Crippen LogP contribution in [0.25, 0.3) is 0 Å². The molecule has 1 atom stereocenters. The summed E-state index contributed by atoms with van der Waals surface area (Å²) in [6.45, 7) is 2.75. The number of hydrogen-bond acceptors (Lipinski definition) is 1. The molecule has 0 aromatic heterocycles. The van der Waals surface area contributed by atoms with Gasteiger partial charge in [0.15, 0.2) is 0 Å². The lowest BCUT2D eigenvalue weighted by Gasteiger charge is -2.29. The van der Waals surface area contributed by atoms with Gasteiger partial charge in [-0.25, -0.2) is 0 Å². The quantitative estimate of drug-likeness (QED) is 0.777. The van der Waals surface area contributed by atoms with Gasteiger partial charge in [-0.05, 0) is 25.5 Å². The summed E-state index contributed by atoms with van der Waals surface area (Å²) < 4.78 is 0. The zero-order valence-corrected chi connectivity index (χ0v) is 10.0. The van der Waals surface area contributed by atoms with Gasteiger partial charge in [-0.15, -0.1) is 0 Å². The van der Waals surface area contributed by atoms with E-state index in [1.54, 1.807) is 0 Å². The van der Waals surface area contributed by atoms with Crippen LogP contribution in [0.15, 0.2) is 54.6 Å². The van der Waals surface area contributed by atoms with Crippen molar-refractivity contribution in [2.75, 3.05) is 6.54 Å². The number of carbonyl (C=O) groups is 1. The van der Waals surface area contributed by atoms with Gasteiger partial charge in [0.2, 0.25) is 0 Å². The minimum absolute atomic E-state index is 0.109. The Morgan fingerprint density at radius 1 is 1.29 bits per heavy atom. The number of allylic oxidation sites excluding steroid dienone is 2. The molecule has 0 fully saturated rings. The standard InChI is InChI=1S/C15H17NO/c1-2-16(14-11-7-4-8-12-14)15(17)13-9-5-3-6-10-13/h3-11,14H,2,12H2,1H3. The predicted octanol–water partition coefficient (Wildman–Crippen LogP) is 3.03. The smallest absolute Gasteiger partial charge is 0.254 e. The third-order valence-electron chi connectivity index (χ3n) is 2.98. The Kier molecular flexibility index (Phi) is 3.76. The number of benzene rings is 1. The molecule has 1 aliphatic rings. The molecule has 0 N–H and O–H groups in total. The lowest BCUT2D eigenvalue weighted by molar-refractivity contribution is 0.0724. The predicted molar refractivity (Wildman–Crippen MR) is 69.8 cm³/mol. The van der Waals surface area contributed by atoms with Crippen molar-refractivity contribution in [2.45, 2.75) is 19.4 Å². The minimum atomic E-state index is 0.109. The maximum absolute atomic E-state index is 12.3. The van der Waals surface area contributed by atoms with E-state index >= 15 is 0 Å². The average molecular weight is 227 g/mol. The van der Waals surface area contributed by atoms with E-state index in [-0.39, 0.29) is 11.9 Å². The molecule has 88 valence electrons. The van der Waals surface area contributed by atoms with Crippen LogP contribution in [-0.2, 0) is 0 Å². The third-order valence-corrected chi connectivity index (χ3v) is 2.98. The monoisotopic (exact) mass is 227 g/mol. The van der Waals surface area contributed by atoms with Crippen LogP contribution in [0, 0.1) is 0 Å². The molecule has 0 heterocycles. The first-order chi connectivity index (χ1) is 8.33. The topological polar surface area (TPSA) is 20.3 Å². The van der Waals surface area contributed by atoms with Crippen LogP contribution >= 0.6 is 0 Å². The molecule has 2 rings (SSSR count). The molecule has 1 aromatic rings. The highest BCUT2D eigenvalue weighted by molar-refractivity contribution is 5.94. The Morgan fingerprint density at radius 2 is 2.06 bits per heavy atom. The number of carbonyl (C=O) groups excluding carboxylic acids is 1. The van der Waals surface area contributed by atoms with Gasteiger partial charge in [0.1, 0.15) is 0 Å². The normalized spacial score (nSPS) is 18.1. The van der Waals surface area contributed by atoms with E-state index in [0.717, 1.165) is 18.5 Å². The van der Waals surface area contributed by atoms with Crippen LogP contribution in [0.1, 0.15) is 23.7 Å². The second-order valence-corrected chi connectivity index (χ2v) is 4.07. The summed E-state index contributed by atoms with van der Waals surface area (Å²) in [5, 5.41) is 0. The van der Waals surface area contributed by atoms with Crippen LogP contribution in [-0.4, -0.2) is 23.4 Å². The first kappa shape index (κ1) is 11.6. The van der Waals surface area contributed by atoms with E-state index in [4.69, 9.17) is 0 Å². The SMILES string of the molecule is CCN(C(=O)c1ccccc1)C1C=CC=CC1. The molecule has 17 heavy (non-hydrogen) atoms. The summed E-state index contributed by atoms with van der Waals surface area (Å²) in [6, 6.07) is 9.66. The molecule has 1 unspecified atom stereocenters. The van der Waals surface area contributed by atoms with E-state index in [9.17, 15) is 4.79 Å². The van der Waals surface area contributed by atoms with Crippen LogP contribution < -0.4 is 0 Å². The first-order valence-corrected chi connectivity index (χ1v) is 6.02.